The summed E-state index contributed by atoms with van der Waals surface area (Å²) >= 11 is 0. The van der Waals surface area contributed by atoms with Gasteiger partial charge in [-0.15, -0.1) is 0 Å². The van der Waals surface area contributed by atoms with Gasteiger partial charge >= 0.3 is 0 Å². The smallest absolute Gasteiger partial charge is 0.289 e. The van der Waals surface area contributed by atoms with E-state index in [0.29, 0.717) is 50.2 Å². The zero-order chi connectivity index (χ0) is 23.4. The lowest BCUT2D eigenvalue weighted by Gasteiger charge is -2.35. The van der Waals surface area contributed by atoms with Crippen LogP contribution in [0.1, 0.15) is 41.3 Å². The van der Waals surface area contributed by atoms with Crippen molar-refractivity contribution in [3.8, 4) is 0 Å². The molecule has 1 amide bonds. The summed E-state index contributed by atoms with van der Waals surface area (Å²) in [6.07, 6.45) is 0. The van der Waals surface area contributed by atoms with Gasteiger partial charge in [0.25, 0.3) is 5.91 Å². The SMILES string of the molecule is Cc1cccc(CN(Cc2ccc(C(=O)N3CCN(c4ccccc4F)CC3)o2)C(C)C)c1. The fourth-order valence-electron chi connectivity index (χ4n) is 4.26. The highest BCUT2D eigenvalue weighted by Gasteiger charge is 2.25. The quantitative estimate of drug-likeness (QED) is 0.503. The molecule has 4 rings (SSSR count). The van der Waals surface area contributed by atoms with Gasteiger partial charge in [0.05, 0.1) is 12.2 Å². The largest absolute Gasteiger partial charge is 0.455 e. The summed E-state index contributed by atoms with van der Waals surface area (Å²) in [4.78, 5) is 19.1. The maximum absolute atomic E-state index is 14.1. The third-order valence-corrected chi connectivity index (χ3v) is 6.19. The highest BCUT2D eigenvalue weighted by molar-refractivity contribution is 5.91. The van der Waals surface area contributed by atoms with Crippen LogP contribution in [-0.4, -0.2) is 47.9 Å². The summed E-state index contributed by atoms with van der Waals surface area (Å²) < 4.78 is 20.0. The number of piperazine rings is 1. The lowest BCUT2D eigenvalue weighted by Crippen LogP contribution is -2.49. The molecule has 0 unspecified atom stereocenters. The Morgan fingerprint density at radius 1 is 1.00 bits per heavy atom. The average Bonchev–Trinajstić information content (AvgIpc) is 3.27. The van der Waals surface area contributed by atoms with Crippen LogP contribution in [0.4, 0.5) is 10.1 Å². The maximum atomic E-state index is 14.1. The molecule has 0 saturated carbocycles. The fourth-order valence-corrected chi connectivity index (χ4v) is 4.26. The van der Waals surface area contributed by atoms with Crippen molar-refractivity contribution in [1.29, 1.82) is 0 Å². The first-order valence-corrected chi connectivity index (χ1v) is 11.6. The lowest BCUT2D eigenvalue weighted by atomic mass is 10.1. The van der Waals surface area contributed by atoms with Crippen LogP contribution in [0, 0.1) is 12.7 Å². The average molecular weight is 450 g/mol. The monoisotopic (exact) mass is 449 g/mol. The first kappa shape index (κ1) is 23.1. The van der Waals surface area contributed by atoms with Gasteiger partial charge in [-0.25, -0.2) is 4.39 Å². The summed E-state index contributed by atoms with van der Waals surface area (Å²) in [6.45, 7) is 10.2. The number of halogens is 1. The Morgan fingerprint density at radius 2 is 1.76 bits per heavy atom. The molecule has 174 valence electrons. The fraction of sp³-hybridized carbons (Fsp3) is 0.370. The molecule has 0 bridgehead atoms. The molecule has 0 radical (unpaired) electrons. The number of aryl methyl sites for hydroxylation is 1. The van der Waals surface area contributed by atoms with Gasteiger partial charge < -0.3 is 14.2 Å². The topological polar surface area (TPSA) is 39.9 Å². The number of rotatable bonds is 7. The Labute approximate surface area is 195 Å². The summed E-state index contributed by atoms with van der Waals surface area (Å²) in [7, 11) is 0. The van der Waals surface area contributed by atoms with Gasteiger partial charge in [-0.05, 0) is 50.6 Å². The predicted molar refractivity (Wildman–Crippen MR) is 129 cm³/mol. The molecule has 1 aliphatic rings. The number of amides is 1. The van der Waals surface area contributed by atoms with Crippen molar-refractivity contribution in [3.05, 3.63) is 89.1 Å². The third-order valence-electron chi connectivity index (χ3n) is 6.19. The molecule has 1 saturated heterocycles. The molecule has 1 aromatic heterocycles. The Hall–Kier alpha value is -3.12. The molecule has 2 heterocycles. The van der Waals surface area contributed by atoms with Crippen LogP contribution in [0.2, 0.25) is 0 Å². The van der Waals surface area contributed by atoms with Crippen LogP contribution < -0.4 is 4.90 Å². The number of furan rings is 1. The van der Waals surface area contributed by atoms with E-state index in [-0.39, 0.29) is 11.7 Å². The minimum atomic E-state index is -0.228. The Kier molecular flexibility index (Phi) is 7.14. The summed E-state index contributed by atoms with van der Waals surface area (Å²) in [5.41, 5.74) is 3.10. The second kappa shape index (κ2) is 10.2. The van der Waals surface area contributed by atoms with Crippen LogP contribution in [-0.2, 0) is 13.1 Å². The molecule has 0 aliphatic carbocycles. The Bertz CT molecular complexity index is 1090. The van der Waals surface area contributed by atoms with Crippen LogP contribution in [0.25, 0.3) is 0 Å². The van der Waals surface area contributed by atoms with Gasteiger partial charge in [0.15, 0.2) is 5.76 Å². The molecule has 3 aromatic rings. The number of para-hydroxylation sites is 1. The molecule has 5 nitrogen and oxygen atoms in total. The number of nitrogens with zero attached hydrogens (tertiary/aromatic N) is 3. The van der Waals surface area contributed by atoms with E-state index in [1.54, 1.807) is 23.1 Å². The van der Waals surface area contributed by atoms with Gasteiger partial charge in [-0.3, -0.25) is 9.69 Å². The van der Waals surface area contributed by atoms with Gasteiger partial charge in [-0.2, -0.15) is 0 Å². The van der Waals surface area contributed by atoms with Crippen LogP contribution >= 0.6 is 0 Å². The summed E-state index contributed by atoms with van der Waals surface area (Å²) in [5, 5.41) is 0. The number of hydrogen-bond donors (Lipinski definition) is 0. The van der Waals surface area contributed by atoms with E-state index in [1.807, 2.05) is 17.0 Å². The number of anilines is 1. The van der Waals surface area contributed by atoms with Crippen LogP contribution in [0.5, 0.6) is 0 Å². The second-order valence-electron chi connectivity index (χ2n) is 8.98. The highest BCUT2D eigenvalue weighted by Crippen LogP contribution is 2.22. The minimum absolute atomic E-state index is 0.107. The second-order valence-corrected chi connectivity index (χ2v) is 8.98. The molecular formula is C27H32FN3O2. The maximum Gasteiger partial charge on any atom is 0.289 e. The summed E-state index contributed by atoms with van der Waals surface area (Å²) in [6, 6.07) is 19.3. The highest BCUT2D eigenvalue weighted by atomic mass is 19.1. The molecule has 1 aliphatic heterocycles. The normalized spacial score (nSPS) is 14.4. The van der Waals surface area contributed by atoms with Crippen LogP contribution in [0.3, 0.4) is 0 Å². The van der Waals surface area contributed by atoms with Crippen molar-refractivity contribution >= 4 is 11.6 Å². The Balaban J connectivity index is 1.36. The third kappa shape index (κ3) is 5.63. The van der Waals surface area contributed by atoms with Crippen molar-refractivity contribution in [1.82, 2.24) is 9.80 Å². The van der Waals surface area contributed by atoms with Crippen molar-refractivity contribution in [2.24, 2.45) is 0 Å². The molecule has 0 N–H and O–H groups in total. The minimum Gasteiger partial charge on any atom is -0.455 e. The predicted octanol–water partition coefficient (Wildman–Crippen LogP) is 5.10. The first-order valence-electron chi connectivity index (χ1n) is 11.6. The standard InChI is InChI=1S/C27H32FN3O2/c1-20(2)31(18-22-8-6-7-21(3)17-22)19-23-11-12-26(33-23)27(32)30-15-13-29(14-16-30)25-10-5-4-9-24(25)28/h4-12,17,20H,13-16,18-19H2,1-3H3. The molecule has 0 atom stereocenters. The lowest BCUT2D eigenvalue weighted by molar-refractivity contribution is 0.0709. The van der Waals surface area contributed by atoms with E-state index >= 15 is 0 Å². The zero-order valence-corrected chi connectivity index (χ0v) is 19.6. The molecule has 6 heteroatoms. The van der Waals surface area contributed by atoms with E-state index in [4.69, 9.17) is 4.42 Å². The van der Waals surface area contributed by atoms with Gasteiger partial charge in [0, 0.05) is 38.8 Å². The van der Waals surface area contributed by atoms with Gasteiger partial charge in [-0.1, -0.05) is 42.0 Å². The Morgan fingerprint density at radius 3 is 2.45 bits per heavy atom. The van der Waals surface area contributed by atoms with Gasteiger partial charge in [0.1, 0.15) is 11.6 Å². The van der Waals surface area contributed by atoms with Crippen LogP contribution in [0.15, 0.2) is 65.1 Å². The van der Waals surface area contributed by atoms with Crippen molar-refractivity contribution in [2.75, 3.05) is 31.1 Å². The van der Waals surface area contributed by atoms with E-state index in [2.05, 4.69) is 49.9 Å². The molecule has 0 spiro atoms. The molecule has 2 aromatic carbocycles. The van der Waals surface area contributed by atoms with Crippen molar-refractivity contribution in [3.63, 3.8) is 0 Å². The van der Waals surface area contributed by atoms with E-state index in [1.165, 1.54) is 17.2 Å². The number of benzene rings is 2. The molecule has 1 fully saturated rings. The molecule has 33 heavy (non-hydrogen) atoms. The van der Waals surface area contributed by atoms with Crippen molar-refractivity contribution in [2.45, 2.75) is 39.9 Å². The van der Waals surface area contributed by atoms with E-state index in [9.17, 15) is 9.18 Å². The van der Waals surface area contributed by atoms with Gasteiger partial charge in [0.2, 0.25) is 0 Å². The summed E-state index contributed by atoms with van der Waals surface area (Å²) in [5.74, 6) is 0.811. The molecular weight excluding hydrogens is 417 g/mol. The number of carbonyl (C=O) groups is 1. The van der Waals surface area contributed by atoms with Crippen molar-refractivity contribution < 1.29 is 13.6 Å². The zero-order valence-electron chi connectivity index (χ0n) is 19.6. The number of carbonyl (C=O) groups excluding carboxylic acids is 1. The number of hydrogen-bond acceptors (Lipinski definition) is 4. The van der Waals surface area contributed by atoms with E-state index < -0.39 is 0 Å². The first-order chi connectivity index (χ1) is 15.9. The van der Waals surface area contributed by atoms with E-state index in [0.717, 1.165) is 12.3 Å².